The molecular weight excluding hydrogens is 338 g/mol. The van der Waals surface area contributed by atoms with Gasteiger partial charge in [-0.3, -0.25) is 23.5 Å². The van der Waals surface area contributed by atoms with Crippen molar-refractivity contribution in [3.63, 3.8) is 0 Å². The molecule has 0 saturated heterocycles. The molecule has 0 aliphatic heterocycles. The summed E-state index contributed by atoms with van der Waals surface area (Å²) >= 11 is 0. The highest BCUT2D eigenvalue weighted by molar-refractivity contribution is 6.04. The van der Waals surface area contributed by atoms with E-state index < -0.39 is 23.1 Å². The average Bonchev–Trinajstić information content (AvgIpc) is 2.58. The number of aromatic nitrogens is 2. The minimum atomic E-state index is -0.782. The lowest BCUT2D eigenvalue weighted by atomic mass is 10.1. The Kier molecular flexibility index (Phi) is 5.30. The molecule has 138 valence electrons. The van der Waals surface area contributed by atoms with Gasteiger partial charge in [-0.05, 0) is 25.1 Å². The van der Waals surface area contributed by atoms with Crippen LogP contribution in [0.5, 0.6) is 0 Å². The van der Waals surface area contributed by atoms with Crippen molar-refractivity contribution in [3.05, 3.63) is 50.7 Å². The fourth-order valence-corrected chi connectivity index (χ4v) is 2.51. The van der Waals surface area contributed by atoms with Gasteiger partial charge in [-0.25, -0.2) is 4.79 Å². The largest absolute Gasteiger partial charge is 0.384 e. The molecule has 26 heavy (non-hydrogen) atoms. The zero-order chi connectivity index (χ0) is 19.6. The molecule has 4 N–H and O–H groups in total. The van der Waals surface area contributed by atoms with Gasteiger partial charge in [0.1, 0.15) is 11.4 Å². The Morgan fingerprint density at radius 1 is 1.12 bits per heavy atom. The molecule has 0 fully saturated rings. The number of nitrogens with two attached hydrogens (primary N) is 1. The molecule has 0 saturated carbocycles. The lowest BCUT2D eigenvalue weighted by Gasteiger charge is -2.17. The van der Waals surface area contributed by atoms with Crippen molar-refractivity contribution in [2.45, 2.75) is 19.9 Å². The maximum atomic E-state index is 12.7. The monoisotopic (exact) mass is 359 g/mol. The predicted octanol–water partition coefficient (Wildman–Crippen LogP) is 0.308. The van der Waals surface area contributed by atoms with Crippen molar-refractivity contribution >= 4 is 28.9 Å². The van der Waals surface area contributed by atoms with E-state index in [0.29, 0.717) is 11.4 Å². The number of benzene rings is 1. The highest BCUT2D eigenvalue weighted by Gasteiger charge is 2.24. The van der Waals surface area contributed by atoms with Crippen LogP contribution < -0.4 is 27.6 Å². The highest BCUT2D eigenvalue weighted by Crippen LogP contribution is 2.17. The van der Waals surface area contributed by atoms with E-state index >= 15 is 0 Å². The molecule has 1 amide bonds. The van der Waals surface area contributed by atoms with E-state index in [2.05, 4.69) is 10.6 Å². The summed E-state index contributed by atoms with van der Waals surface area (Å²) in [5, 5.41) is 5.61. The second kappa shape index (κ2) is 7.26. The van der Waals surface area contributed by atoms with Crippen LogP contribution in [0.3, 0.4) is 0 Å². The average molecular weight is 359 g/mol. The van der Waals surface area contributed by atoms with Crippen molar-refractivity contribution in [1.29, 1.82) is 0 Å². The number of anilines is 3. The van der Waals surface area contributed by atoms with Crippen LogP contribution in [-0.4, -0.2) is 26.9 Å². The third-order valence-electron chi connectivity index (χ3n) is 3.92. The van der Waals surface area contributed by atoms with Crippen LogP contribution in [0, 0.1) is 0 Å². The Balaban J connectivity index is 2.33. The van der Waals surface area contributed by atoms with Crippen LogP contribution in [0.4, 0.5) is 17.2 Å². The van der Waals surface area contributed by atoms with E-state index in [1.165, 1.54) is 21.0 Å². The number of nitrogens with one attached hydrogen (secondary N) is 2. The normalized spacial score (nSPS) is 11.7. The maximum absolute atomic E-state index is 12.7. The first-order valence-corrected chi connectivity index (χ1v) is 7.87. The van der Waals surface area contributed by atoms with E-state index in [1.807, 2.05) is 0 Å². The third kappa shape index (κ3) is 3.66. The summed E-state index contributed by atoms with van der Waals surface area (Å²) in [6.07, 6.45) is 0. The molecule has 9 nitrogen and oxygen atoms in total. The van der Waals surface area contributed by atoms with Crippen molar-refractivity contribution in [2.24, 2.45) is 14.1 Å². The van der Waals surface area contributed by atoms with Crippen LogP contribution in [-0.2, 0) is 18.9 Å². The molecule has 1 aromatic heterocycles. The smallest absolute Gasteiger partial charge is 0.332 e. The second-order valence-corrected chi connectivity index (χ2v) is 5.96. The number of amides is 1. The van der Waals surface area contributed by atoms with Crippen molar-refractivity contribution in [3.8, 4) is 0 Å². The van der Waals surface area contributed by atoms with Gasteiger partial charge in [0.25, 0.3) is 5.56 Å². The first-order valence-electron chi connectivity index (χ1n) is 7.87. The zero-order valence-electron chi connectivity index (χ0n) is 15.0. The van der Waals surface area contributed by atoms with Crippen LogP contribution in [0.2, 0.25) is 0 Å². The molecule has 9 heteroatoms. The quantitative estimate of drug-likeness (QED) is 0.659. The molecule has 0 unspecified atom stereocenters. The number of rotatable bonds is 5. The van der Waals surface area contributed by atoms with Gasteiger partial charge in [-0.1, -0.05) is 6.07 Å². The molecule has 1 atom stereocenters. The first-order chi connectivity index (χ1) is 12.1. The summed E-state index contributed by atoms with van der Waals surface area (Å²) in [5.41, 5.74) is 5.38. The summed E-state index contributed by atoms with van der Waals surface area (Å²) in [5.74, 6) is -0.930. The number of hydrogen-bond acceptors (Lipinski definition) is 6. The summed E-state index contributed by atoms with van der Waals surface area (Å²) in [4.78, 5) is 48.0. The number of carbonyl (C=O) groups excluding carboxylic acids is 2. The van der Waals surface area contributed by atoms with E-state index in [-0.39, 0.29) is 17.3 Å². The summed E-state index contributed by atoms with van der Waals surface area (Å²) in [7, 11) is 2.68. The van der Waals surface area contributed by atoms with Gasteiger partial charge in [0.2, 0.25) is 5.91 Å². The molecule has 0 bridgehead atoms. The SMILES string of the molecule is CC(=O)Nc1cccc(N[C@H](C)C(=O)c2c(N)n(C)c(=O)n(C)c2=O)c1. The van der Waals surface area contributed by atoms with Crippen LogP contribution in [0.1, 0.15) is 24.2 Å². The summed E-state index contributed by atoms with van der Waals surface area (Å²) in [6.45, 7) is 2.97. The maximum Gasteiger partial charge on any atom is 0.332 e. The van der Waals surface area contributed by atoms with Crippen molar-refractivity contribution in [1.82, 2.24) is 9.13 Å². The molecule has 2 rings (SSSR count). The highest BCUT2D eigenvalue weighted by atomic mass is 16.2. The molecule has 2 aromatic rings. The van der Waals surface area contributed by atoms with E-state index in [0.717, 1.165) is 9.13 Å². The minimum absolute atomic E-state index is 0.177. The molecule has 0 radical (unpaired) electrons. The Bertz CT molecular complexity index is 990. The Labute approximate surface area is 149 Å². The van der Waals surface area contributed by atoms with Gasteiger partial charge < -0.3 is 16.4 Å². The van der Waals surface area contributed by atoms with E-state index in [4.69, 9.17) is 5.73 Å². The fraction of sp³-hybridized carbons (Fsp3) is 0.294. The number of ketones is 1. The minimum Gasteiger partial charge on any atom is -0.384 e. The molecule has 1 heterocycles. The zero-order valence-corrected chi connectivity index (χ0v) is 15.0. The topological polar surface area (TPSA) is 128 Å². The molecular formula is C17H21N5O4. The van der Waals surface area contributed by atoms with Gasteiger partial charge >= 0.3 is 5.69 Å². The van der Waals surface area contributed by atoms with Gasteiger partial charge in [-0.2, -0.15) is 0 Å². The fourth-order valence-electron chi connectivity index (χ4n) is 2.51. The standard InChI is InChI=1S/C17H21N5O4/c1-9(19-11-6-5-7-12(8-11)20-10(2)23)14(24)13-15(18)21(3)17(26)22(4)16(13)25/h5-9,19H,18H2,1-4H3,(H,20,23)/t9-/m1/s1. The predicted molar refractivity (Wildman–Crippen MR) is 99.5 cm³/mol. The molecule has 0 aliphatic rings. The summed E-state index contributed by atoms with van der Waals surface area (Å²) in [6, 6.07) is 6.02. The van der Waals surface area contributed by atoms with Crippen LogP contribution in [0.25, 0.3) is 0 Å². The van der Waals surface area contributed by atoms with Crippen LogP contribution in [0.15, 0.2) is 33.9 Å². The first kappa shape index (κ1) is 19.0. The number of nitrogen functional groups attached to an aromatic ring is 1. The Hall–Kier alpha value is -3.36. The Morgan fingerprint density at radius 2 is 1.73 bits per heavy atom. The van der Waals surface area contributed by atoms with Crippen molar-refractivity contribution < 1.29 is 9.59 Å². The molecule has 0 spiro atoms. The molecule has 0 aliphatic carbocycles. The van der Waals surface area contributed by atoms with Gasteiger partial charge in [-0.15, -0.1) is 0 Å². The van der Waals surface area contributed by atoms with Crippen LogP contribution >= 0.6 is 0 Å². The van der Waals surface area contributed by atoms with Gasteiger partial charge in [0.05, 0.1) is 6.04 Å². The number of Topliss-reactive ketones (excluding diaryl/α,β-unsaturated/α-hetero) is 1. The lowest BCUT2D eigenvalue weighted by molar-refractivity contribution is -0.114. The van der Waals surface area contributed by atoms with E-state index in [1.54, 1.807) is 31.2 Å². The second-order valence-electron chi connectivity index (χ2n) is 5.96. The van der Waals surface area contributed by atoms with E-state index in [9.17, 15) is 19.2 Å². The lowest BCUT2D eigenvalue weighted by Crippen LogP contribution is -2.43. The van der Waals surface area contributed by atoms with Gasteiger partial charge in [0, 0.05) is 32.4 Å². The van der Waals surface area contributed by atoms with Crippen molar-refractivity contribution in [2.75, 3.05) is 16.4 Å². The number of hydrogen-bond donors (Lipinski definition) is 3. The Morgan fingerprint density at radius 3 is 2.35 bits per heavy atom. The third-order valence-corrected chi connectivity index (χ3v) is 3.92. The number of carbonyl (C=O) groups is 2. The molecule has 1 aromatic carbocycles. The van der Waals surface area contributed by atoms with Gasteiger partial charge in [0.15, 0.2) is 5.78 Å². The number of nitrogens with zero attached hydrogens (tertiary/aromatic N) is 2. The summed E-state index contributed by atoms with van der Waals surface area (Å²) < 4.78 is 1.90.